The summed E-state index contributed by atoms with van der Waals surface area (Å²) >= 11 is 0. The number of benzene rings is 4. The number of phosphoric acid groups is 1. The number of phosphoric ester groups is 1. The van der Waals surface area contributed by atoms with Crippen molar-refractivity contribution in [1.29, 1.82) is 0 Å². The normalized spacial score (nSPS) is 22.5. The molecule has 0 bridgehead atoms. The molecule has 270 valence electrons. The maximum absolute atomic E-state index is 14.1. The summed E-state index contributed by atoms with van der Waals surface area (Å²) in [5.74, 6) is 1.09. The first-order valence-electron chi connectivity index (χ1n) is 18.1. The van der Waals surface area contributed by atoms with Crippen molar-refractivity contribution in [3.05, 3.63) is 133 Å². The van der Waals surface area contributed by atoms with Crippen LogP contribution in [0.1, 0.15) is 66.7 Å². The minimum absolute atomic E-state index is 0.0500. The maximum Gasteiger partial charge on any atom is 0.649 e. The van der Waals surface area contributed by atoms with E-state index in [0.717, 1.165) is 25.7 Å². The highest BCUT2D eigenvalue weighted by molar-refractivity contribution is 7.49. The Hall–Kier alpha value is -3.81. The van der Waals surface area contributed by atoms with E-state index in [2.05, 4.69) is 95.3 Å². The highest BCUT2D eigenvalue weighted by Gasteiger charge is 2.51. The zero-order valence-corrected chi connectivity index (χ0v) is 32.3. The summed E-state index contributed by atoms with van der Waals surface area (Å²) in [7, 11) is -6.79. The third-order valence-corrected chi connectivity index (χ3v) is 16.3. The number of fused-ring (bicyclic) bond motifs is 1. The second kappa shape index (κ2) is 15.8. The van der Waals surface area contributed by atoms with E-state index in [1.54, 1.807) is 48.5 Å². The molecule has 0 aliphatic carbocycles. The average molecular weight is 727 g/mol. The van der Waals surface area contributed by atoms with Gasteiger partial charge in [-0.3, -0.25) is 0 Å². The van der Waals surface area contributed by atoms with Crippen LogP contribution in [0.2, 0.25) is 5.04 Å². The third-order valence-electron chi connectivity index (χ3n) is 10.0. The van der Waals surface area contributed by atoms with Crippen LogP contribution in [0.4, 0.5) is 0 Å². The zero-order chi connectivity index (χ0) is 36.0. The van der Waals surface area contributed by atoms with Crippen molar-refractivity contribution in [3.63, 3.8) is 0 Å². The van der Waals surface area contributed by atoms with Crippen LogP contribution >= 0.6 is 7.82 Å². The van der Waals surface area contributed by atoms with Gasteiger partial charge in [0.05, 0.1) is 6.10 Å². The van der Waals surface area contributed by atoms with Crippen molar-refractivity contribution in [1.82, 2.24) is 0 Å². The SMILES string of the molecule is C[C@H]1C[C@@H]2OC(OP(=O)(Oc3ccccc3)Oc3ccccc3)=CCC[C@@]2(C)O[C@H]1CCCO[Si](c1ccccc1)(c1ccccc1)C(C)(C)C. The predicted octanol–water partition coefficient (Wildman–Crippen LogP) is 9.83. The topological polar surface area (TPSA) is 72.5 Å². The van der Waals surface area contributed by atoms with Crippen molar-refractivity contribution < 1.29 is 32.0 Å². The molecule has 0 unspecified atom stereocenters. The summed E-state index contributed by atoms with van der Waals surface area (Å²) in [5, 5.41) is 2.50. The van der Waals surface area contributed by atoms with E-state index in [1.807, 2.05) is 18.2 Å². The van der Waals surface area contributed by atoms with Crippen molar-refractivity contribution in [3.8, 4) is 11.5 Å². The van der Waals surface area contributed by atoms with Gasteiger partial charge in [-0.1, -0.05) is 125 Å². The minimum atomic E-state index is -4.18. The van der Waals surface area contributed by atoms with Crippen LogP contribution in [0.15, 0.2) is 133 Å². The van der Waals surface area contributed by atoms with E-state index in [0.29, 0.717) is 24.5 Å². The first-order valence-corrected chi connectivity index (χ1v) is 21.5. The smallest absolute Gasteiger partial charge is 0.459 e. The number of hydrogen-bond acceptors (Lipinski definition) is 7. The van der Waals surface area contributed by atoms with Crippen LogP contribution in [-0.2, 0) is 23.0 Å². The van der Waals surface area contributed by atoms with Crippen molar-refractivity contribution in [2.45, 2.75) is 89.6 Å². The van der Waals surface area contributed by atoms with Gasteiger partial charge in [-0.15, -0.1) is 0 Å². The fourth-order valence-corrected chi connectivity index (χ4v) is 13.2. The van der Waals surface area contributed by atoms with Gasteiger partial charge in [-0.2, -0.15) is 4.57 Å². The Morgan fingerprint density at radius 2 is 1.29 bits per heavy atom. The monoisotopic (exact) mass is 726 g/mol. The van der Waals surface area contributed by atoms with Crippen LogP contribution in [0.3, 0.4) is 0 Å². The third kappa shape index (κ3) is 8.64. The molecule has 4 aromatic carbocycles. The second-order valence-electron chi connectivity index (χ2n) is 14.9. The molecule has 1 fully saturated rings. The summed E-state index contributed by atoms with van der Waals surface area (Å²) in [6.07, 6.45) is 5.45. The Labute approximate surface area is 304 Å². The number of hydrogen-bond donors (Lipinski definition) is 0. The zero-order valence-electron chi connectivity index (χ0n) is 30.4. The average Bonchev–Trinajstić information content (AvgIpc) is 3.26. The van der Waals surface area contributed by atoms with Gasteiger partial charge < -0.3 is 27.5 Å². The van der Waals surface area contributed by atoms with E-state index >= 15 is 0 Å². The molecule has 9 heteroatoms. The van der Waals surface area contributed by atoms with Crippen LogP contribution in [0, 0.1) is 5.92 Å². The van der Waals surface area contributed by atoms with Crippen molar-refractivity contribution in [2.24, 2.45) is 5.92 Å². The Morgan fingerprint density at radius 3 is 1.80 bits per heavy atom. The molecule has 0 radical (unpaired) electrons. The molecular formula is C42H51O7PSi. The summed E-state index contributed by atoms with van der Waals surface area (Å²) in [6.45, 7) is 11.9. The lowest BCUT2D eigenvalue weighted by molar-refractivity contribution is -0.213. The summed E-state index contributed by atoms with van der Waals surface area (Å²) in [6, 6.07) is 39.3. The van der Waals surface area contributed by atoms with E-state index in [1.165, 1.54) is 10.4 Å². The molecule has 2 aliphatic heterocycles. The molecule has 0 amide bonds. The number of para-hydroxylation sites is 2. The first-order chi connectivity index (χ1) is 24.5. The fraction of sp³-hybridized carbons (Fsp3) is 0.381. The molecule has 0 N–H and O–H groups in total. The van der Waals surface area contributed by atoms with Crippen molar-refractivity contribution >= 4 is 26.5 Å². The van der Waals surface area contributed by atoms with E-state index in [-0.39, 0.29) is 29.1 Å². The molecule has 4 aromatic rings. The Morgan fingerprint density at radius 1 is 0.784 bits per heavy atom. The maximum atomic E-state index is 14.1. The first kappa shape index (κ1) is 37.0. The van der Waals surface area contributed by atoms with Crippen LogP contribution in [0.5, 0.6) is 11.5 Å². The standard InChI is InChI=1S/C42H51O7PSi/c1-33-32-39-42(5,30-18-29-40(45-39)49-50(43,47-34-20-10-6-11-21-34)48-35-22-12-7-13-23-35)46-38(33)28-19-31-44-51(41(2,3)4,36-24-14-8-15-25-36)37-26-16-9-17-27-37/h6-17,20-27,29,33,38-39H,18-19,28,30-32H2,1-5H3/t33-,38-,39-,42+/m0/s1. The van der Waals surface area contributed by atoms with E-state index in [4.69, 9.17) is 27.5 Å². The highest BCUT2D eigenvalue weighted by Crippen LogP contribution is 2.53. The summed E-state index contributed by atoms with van der Waals surface area (Å²) in [5.41, 5.74) is -0.553. The van der Waals surface area contributed by atoms with Crippen LogP contribution in [0.25, 0.3) is 0 Å². The Bertz CT molecular complexity index is 1680. The molecule has 7 nitrogen and oxygen atoms in total. The van der Waals surface area contributed by atoms with Gasteiger partial charge in [0.25, 0.3) is 14.3 Å². The Balaban J connectivity index is 1.11. The largest absolute Gasteiger partial charge is 0.649 e. The second-order valence-corrected chi connectivity index (χ2v) is 20.6. The molecule has 2 aliphatic rings. The highest BCUT2D eigenvalue weighted by atomic mass is 31.2. The quantitative estimate of drug-likeness (QED) is 0.0772. The number of ether oxygens (including phenoxy) is 2. The number of rotatable bonds is 13. The van der Waals surface area contributed by atoms with E-state index in [9.17, 15) is 4.57 Å². The van der Waals surface area contributed by atoms with Gasteiger partial charge in [-0.25, -0.2) is 0 Å². The molecule has 4 atom stereocenters. The van der Waals surface area contributed by atoms with Gasteiger partial charge in [-0.05, 0) is 90.7 Å². The van der Waals surface area contributed by atoms with Gasteiger partial charge >= 0.3 is 7.82 Å². The lowest BCUT2D eigenvalue weighted by Crippen LogP contribution is -2.66. The van der Waals surface area contributed by atoms with Gasteiger partial charge in [0.15, 0.2) is 0 Å². The van der Waals surface area contributed by atoms with E-state index < -0.39 is 21.7 Å². The lowest BCUT2D eigenvalue weighted by Gasteiger charge is -2.47. The minimum Gasteiger partial charge on any atom is -0.459 e. The predicted molar refractivity (Wildman–Crippen MR) is 205 cm³/mol. The molecular weight excluding hydrogens is 676 g/mol. The van der Waals surface area contributed by atoms with Gasteiger partial charge in [0.1, 0.15) is 23.2 Å². The van der Waals surface area contributed by atoms with Crippen LogP contribution < -0.4 is 19.4 Å². The fourth-order valence-electron chi connectivity index (χ4n) is 7.39. The van der Waals surface area contributed by atoms with Crippen LogP contribution in [-0.4, -0.2) is 32.7 Å². The van der Waals surface area contributed by atoms with Gasteiger partial charge in [0.2, 0.25) is 0 Å². The lowest BCUT2D eigenvalue weighted by atomic mass is 9.81. The summed E-state index contributed by atoms with van der Waals surface area (Å²) in [4.78, 5) is 0. The molecule has 51 heavy (non-hydrogen) atoms. The van der Waals surface area contributed by atoms with Gasteiger partial charge in [0, 0.05) is 6.61 Å². The summed E-state index contributed by atoms with van der Waals surface area (Å²) < 4.78 is 52.4. The molecule has 0 aromatic heterocycles. The molecule has 1 saturated heterocycles. The molecule has 0 spiro atoms. The molecule has 6 rings (SSSR count). The molecule has 0 saturated carbocycles. The van der Waals surface area contributed by atoms with Crippen molar-refractivity contribution in [2.75, 3.05) is 6.61 Å². The Kier molecular flexibility index (Phi) is 11.5. The number of allylic oxidation sites excluding steroid dienone is 1. The molecule has 2 heterocycles.